The first kappa shape index (κ1) is 23.4. The van der Waals surface area contributed by atoms with Crippen LogP contribution in [-0.2, 0) is 28.5 Å². The Balaban J connectivity index is 4.92. The highest BCUT2D eigenvalue weighted by Gasteiger charge is 2.28. The lowest BCUT2D eigenvalue weighted by Gasteiger charge is -2.18. The van der Waals surface area contributed by atoms with E-state index in [-0.39, 0.29) is 22.0 Å². The number of hydrogen-bond donors (Lipinski definition) is 0. The highest BCUT2D eigenvalue weighted by molar-refractivity contribution is 8.23. The largest absolute Gasteiger partial charge is 0.482 e. The standard InChI is InChI=1S/C14H22O6S4/c1-5-19-11(15)9(23-13(21)17-3)7-8-10(12(16)20-6-2)24-14(22)18-4/h9-10H,5-8H2,1-4H3. The Bertz CT molecular complexity index is 403. The van der Waals surface area contributed by atoms with Gasteiger partial charge in [0.15, 0.2) is 0 Å². The molecule has 138 valence electrons. The van der Waals surface area contributed by atoms with E-state index < -0.39 is 22.4 Å². The van der Waals surface area contributed by atoms with Gasteiger partial charge in [-0.2, -0.15) is 0 Å². The zero-order chi connectivity index (χ0) is 18.5. The van der Waals surface area contributed by atoms with E-state index in [2.05, 4.69) is 0 Å². The molecule has 24 heavy (non-hydrogen) atoms. The van der Waals surface area contributed by atoms with Gasteiger partial charge in [0.05, 0.1) is 27.4 Å². The third-order valence-corrected chi connectivity index (χ3v) is 5.65. The minimum absolute atomic E-state index is 0.237. The minimum atomic E-state index is -0.564. The normalized spacial score (nSPS) is 12.7. The molecule has 0 aliphatic heterocycles. The first-order valence-corrected chi connectivity index (χ1v) is 9.79. The second-order valence-corrected chi connectivity index (χ2v) is 7.81. The Labute approximate surface area is 161 Å². The van der Waals surface area contributed by atoms with Crippen molar-refractivity contribution in [3.8, 4) is 0 Å². The zero-order valence-corrected chi connectivity index (χ0v) is 17.3. The molecule has 0 aliphatic rings. The summed E-state index contributed by atoms with van der Waals surface area (Å²) >= 11 is 12.2. The van der Waals surface area contributed by atoms with Crippen LogP contribution in [0, 0.1) is 0 Å². The maximum atomic E-state index is 12.0. The van der Waals surface area contributed by atoms with Crippen LogP contribution in [0.4, 0.5) is 0 Å². The van der Waals surface area contributed by atoms with Crippen molar-refractivity contribution in [2.75, 3.05) is 27.4 Å². The summed E-state index contributed by atoms with van der Waals surface area (Å²) < 4.78 is 20.4. The van der Waals surface area contributed by atoms with Gasteiger partial charge in [-0.15, -0.1) is 0 Å². The molecular weight excluding hydrogens is 392 g/mol. The van der Waals surface area contributed by atoms with E-state index in [9.17, 15) is 9.59 Å². The van der Waals surface area contributed by atoms with E-state index in [4.69, 9.17) is 43.4 Å². The molecule has 0 spiro atoms. The average Bonchev–Trinajstić information content (AvgIpc) is 2.56. The maximum Gasteiger partial charge on any atom is 0.319 e. The first-order chi connectivity index (χ1) is 11.4. The third-order valence-electron chi connectivity index (χ3n) is 2.60. The van der Waals surface area contributed by atoms with Crippen LogP contribution in [-0.4, -0.2) is 58.6 Å². The summed E-state index contributed by atoms with van der Waals surface area (Å²) in [6, 6.07) is 0. The summed E-state index contributed by atoms with van der Waals surface area (Å²) in [5, 5.41) is -1.13. The smallest absolute Gasteiger partial charge is 0.319 e. The number of thioether (sulfide) groups is 2. The molecular formula is C14H22O6S4. The molecule has 0 heterocycles. The van der Waals surface area contributed by atoms with Crippen LogP contribution >= 0.6 is 48.0 Å². The van der Waals surface area contributed by atoms with E-state index in [1.807, 2.05) is 0 Å². The Hall–Kier alpha value is -0.580. The van der Waals surface area contributed by atoms with Crippen molar-refractivity contribution >= 4 is 68.7 Å². The molecule has 2 atom stereocenters. The predicted molar refractivity (Wildman–Crippen MR) is 104 cm³/mol. The number of hydrogen-bond acceptors (Lipinski definition) is 10. The number of ether oxygens (including phenoxy) is 4. The Morgan fingerprint density at radius 3 is 1.42 bits per heavy atom. The van der Waals surface area contributed by atoms with Gasteiger partial charge in [0.2, 0.25) is 8.77 Å². The fraction of sp³-hybridized carbons (Fsp3) is 0.714. The highest BCUT2D eigenvalue weighted by atomic mass is 32.2. The summed E-state index contributed by atoms with van der Waals surface area (Å²) in [4.78, 5) is 24.1. The number of thiocarbonyl (C=S) groups is 2. The van der Waals surface area contributed by atoms with Gasteiger partial charge in [-0.1, -0.05) is 23.5 Å². The van der Waals surface area contributed by atoms with Gasteiger partial charge in [-0.3, -0.25) is 9.59 Å². The van der Waals surface area contributed by atoms with Gasteiger partial charge >= 0.3 is 11.9 Å². The molecule has 0 bridgehead atoms. The van der Waals surface area contributed by atoms with Gasteiger partial charge < -0.3 is 18.9 Å². The Morgan fingerprint density at radius 2 is 1.17 bits per heavy atom. The topological polar surface area (TPSA) is 71.1 Å². The molecule has 6 nitrogen and oxygen atoms in total. The number of carbonyl (C=O) groups excluding carboxylic acids is 2. The molecule has 0 aromatic heterocycles. The highest BCUT2D eigenvalue weighted by Crippen LogP contribution is 2.26. The van der Waals surface area contributed by atoms with Crippen molar-refractivity contribution in [3.63, 3.8) is 0 Å². The van der Waals surface area contributed by atoms with Crippen LogP contribution in [0.3, 0.4) is 0 Å². The maximum absolute atomic E-state index is 12.0. The lowest BCUT2D eigenvalue weighted by atomic mass is 10.2. The molecule has 0 radical (unpaired) electrons. The van der Waals surface area contributed by atoms with Crippen LogP contribution in [0.25, 0.3) is 0 Å². The van der Waals surface area contributed by atoms with Crippen molar-refractivity contribution in [3.05, 3.63) is 0 Å². The zero-order valence-electron chi connectivity index (χ0n) is 14.1. The van der Waals surface area contributed by atoms with E-state index in [1.54, 1.807) is 13.8 Å². The Kier molecular flexibility index (Phi) is 13.4. The number of rotatable bonds is 9. The minimum Gasteiger partial charge on any atom is -0.482 e. The average molecular weight is 415 g/mol. The van der Waals surface area contributed by atoms with Crippen LogP contribution < -0.4 is 0 Å². The Morgan fingerprint density at radius 1 is 0.833 bits per heavy atom. The van der Waals surface area contributed by atoms with Crippen LogP contribution in [0.5, 0.6) is 0 Å². The van der Waals surface area contributed by atoms with Gasteiger partial charge in [-0.05, 0) is 51.1 Å². The summed E-state index contributed by atoms with van der Waals surface area (Å²) in [7, 11) is 2.87. The number of methoxy groups -OCH3 is 2. The summed E-state index contributed by atoms with van der Waals surface area (Å²) in [5.41, 5.74) is 0. The second kappa shape index (κ2) is 13.7. The van der Waals surface area contributed by atoms with E-state index >= 15 is 0 Å². The molecule has 10 heteroatoms. The van der Waals surface area contributed by atoms with Gasteiger partial charge in [0, 0.05) is 0 Å². The van der Waals surface area contributed by atoms with Gasteiger partial charge in [0.1, 0.15) is 10.5 Å². The first-order valence-electron chi connectivity index (χ1n) is 7.21. The molecule has 0 aliphatic carbocycles. The van der Waals surface area contributed by atoms with Crippen molar-refractivity contribution < 1.29 is 28.5 Å². The molecule has 0 aromatic carbocycles. The quantitative estimate of drug-likeness (QED) is 0.415. The summed E-state index contributed by atoms with van der Waals surface area (Å²) in [6.07, 6.45) is 0.714. The van der Waals surface area contributed by atoms with Gasteiger partial charge in [0.25, 0.3) is 0 Å². The lowest BCUT2D eigenvalue weighted by molar-refractivity contribution is -0.144. The molecule has 0 saturated heterocycles. The van der Waals surface area contributed by atoms with Crippen molar-refractivity contribution in [1.29, 1.82) is 0 Å². The fourth-order valence-electron chi connectivity index (χ4n) is 1.55. The molecule has 0 saturated carbocycles. The van der Waals surface area contributed by atoms with Crippen molar-refractivity contribution in [2.24, 2.45) is 0 Å². The van der Waals surface area contributed by atoms with Crippen LogP contribution in [0.1, 0.15) is 26.7 Å². The van der Waals surface area contributed by atoms with Gasteiger partial charge in [-0.25, -0.2) is 0 Å². The molecule has 0 rings (SSSR count). The molecule has 0 amide bonds. The molecule has 0 fully saturated rings. The number of esters is 2. The van der Waals surface area contributed by atoms with Crippen molar-refractivity contribution in [2.45, 2.75) is 37.2 Å². The lowest BCUT2D eigenvalue weighted by Crippen LogP contribution is -2.27. The summed E-state index contributed by atoms with van der Waals surface area (Å²) in [6.45, 7) is 3.98. The molecule has 0 aromatic rings. The monoisotopic (exact) mass is 414 g/mol. The van der Waals surface area contributed by atoms with E-state index in [0.717, 1.165) is 23.5 Å². The fourth-order valence-corrected chi connectivity index (χ4v) is 3.74. The number of carbonyl (C=O) groups is 2. The van der Waals surface area contributed by atoms with Crippen molar-refractivity contribution in [1.82, 2.24) is 0 Å². The molecule has 2 unspecified atom stereocenters. The van der Waals surface area contributed by atoms with E-state index in [0.29, 0.717) is 12.8 Å². The predicted octanol–water partition coefficient (Wildman–Crippen LogP) is 2.96. The second-order valence-electron chi connectivity index (χ2n) is 4.20. The summed E-state index contributed by atoms with van der Waals surface area (Å²) in [5.74, 6) is -0.798. The van der Waals surface area contributed by atoms with Crippen LogP contribution in [0.2, 0.25) is 0 Å². The SMILES string of the molecule is CCOC(=O)C(CCC(SC(=S)OC)C(=O)OCC)SC(=S)OC. The van der Waals surface area contributed by atoms with E-state index in [1.165, 1.54) is 14.2 Å². The molecule has 0 N–H and O–H groups in total. The van der Waals surface area contributed by atoms with Crippen LogP contribution in [0.15, 0.2) is 0 Å². The third kappa shape index (κ3) is 9.65.